The number of amides is 1. The molecule has 0 aliphatic rings. The molecular weight excluding hydrogens is 464 g/mol. The molecule has 0 saturated heterocycles. The molecule has 4 aromatic rings. The standard InChI is InChI=1S/C26H22N4O2S2/c1-18-6-12-21(13-7-18)33-15-14-28-24(31)17-34-26-29-23-5-3-2-4-22(23)25(32)30(26)20-10-8-19(16-27)9-11-20/h2-13H,14-15,17H2,1H3,(H,28,31). The van der Waals surface area contributed by atoms with Crippen LogP contribution in [0.3, 0.4) is 0 Å². The molecule has 4 rings (SSSR count). The molecule has 0 saturated carbocycles. The van der Waals surface area contributed by atoms with Crippen molar-refractivity contribution < 1.29 is 4.79 Å². The molecule has 0 aliphatic carbocycles. The summed E-state index contributed by atoms with van der Waals surface area (Å²) in [6.07, 6.45) is 0. The second kappa shape index (κ2) is 11.1. The lowest BCUT2D eigenvalue weighted by Gasteiger charge is -2.13. The second-order valence-electron chi connectivity index (χ2n) is 7.51. The van der Waals surface area contributed by atoms with E-state index in [-0.39, 0.29) is 17.2 Å². The van der Waals surface area contributed by atoms with Gasteiger partial charge in [0.25, 0.3) is 5.56 Å². The third-order valence-electron chi connectivity index (χ3n) is 5.05. The highest BCUT2D eigenvalue weighted by molar-refractivity contribution is 7.99. The predicted octanol–water partition coefficient (Wildman–Crippen LogP) is 4.57. The van der Waals surface area contributed by atoms with Crippen LogP contribution < -0.4 is 10.9 Å². The SMILES string of the molecule is Cc1ccc(SCCNC(=O)CSc2nc3ccccc3c(=O)n2-c2ccc(C#N)cc2)cc1. The Morgan fingerprint density at radius 2 is 1.76 bits per heavy atom. The zero-order valence-corrected chi connectivity index (χ0v) is 20.2. The van der Waals surface area contributed by atoms with Gasteiger partial charge in [0.2, 0.25) is 5.91 Å². The van der Waals surface area contributed by atoms with Crippen LogP contribution in [0.4, 0.5) is 0 Å². The summed E-state index contributed by atoms with van der Waals surface area (Å²) in [6.45, 7) is 2.60. The van der Waals surface area contributed by atoms with Gasteiger partial charge in [-0.05, 0) is 55.5 Å². The molecule has 1 amide bonds. The molecule has 1 heterocycles. The smallest absolute Gasteiger partial charge is 0.266 e. The Balaban J connectivity index is 1.46. The molecule has 0 aliphatic heterocycles. The number of carbonyl (C=O) groups excluding carboxylic acids is 1. The van der Waals surface area contributed by atoms with Crippen LogP contribution in [0.15, 0.2) is 87.6 Å². The number of hydrogen-bond donors (Lipinski definition) is 1. The molecule has 3 aromatic carbocycles. The van der Waals surface area contributed by atoms with E-state index in [2.05, 4.69) is 47.6 Å². The zero-order valence-electron chi connectivity index (χ0n) is 18.5. The average molecular weight is 487 g/mol. The molecule has 0 spiro atoms. The minimum Gasteiger partial charge on any atom is -0.355 e. The van der Waals surface area contributed by atoms with Gasteiger partial charge in [-0.3, -0.25) is 14.2 Å². The monoisotopic (exact) mass is 486 g/mol. The summed E-state index contributed by atoms with van der Waals surface area (Å²) in [7, 11) is 0. The number of nitriles is 1. The Hall–Kier alpha value is -3.54. The van der Waals surface area contributed by atoms with Crippen LogP contribution in [0, 0.1) is 18.3 Å². The van der Waals surface area contributed by atoms with Crippen molar-refractivity contribution in [2.45, 2.75) is 17.0 Å². The Morgan fingerprint density at radius 1 is 1.03 bits per heavy atom. The first-order valence-electron chi connectivity index (χ1n) is 10.7. The molecule has 6 nitrogen and oxygen atoms in total. The van der Waals surface area contributed by atoms with Gasteiger partial charge in [0.15, 0.2) is 5.16 Å². The molecule has 8 heteroatoms. The van der Waals surface area contributed by atoms with Gasteiger partial charge >= 0.3 is 0 Å². The summed E-state index contributed by atoms with van der Waals surface area (Å²) in [5.41, 5.74) is 2.68. The summed E-state index contributed by atoms with van der Waals surface area (Å²) in [5.74, 6) is 0.781. The normalized spacial score (nSPS) is 10.7. The average Bonchev–Trinajstić information content (AvgIpc) is 2.87. The molecule has 0 fully saturated rings. The van der Waals surface area contributed by atoms with E-state index < -0.39 is 0 Å². The second-order valence-corrected chi connectivity index (χ2v) is 9.62. The molecule has 34 heavy (non-hydrogen) atoms. The number of thioether (sulfide) groups is 2. The van der Waals surface area contributed by atoms with Crippen LogP contribution in [0.2, 0.25) is 0 Å². The summed E-state index contributed by atoms with van der Waals surface area (Å²) >= 11 is 2.90. The Bertz CT molecular complexity index is 1410. The Labute approximate surface area is 206 Å². The molecule has 1 aromatic heterocycles. The fraction of sp³-hybridized carbons (Fsp3) is 0.154. The Kier molecular flexibility index (Phi) is 7.68. The number of nitrogens with zero attached hydrogens (tertiary/aromatic N) is 3. The van der Waals surface area contributed by atoms with Gasteiger partial charge in [-0.25, -0.2) is 4.98 Å². The van der Waals surface area contributed by atoms with Crippen LogP contribution in [0.25, 0.3) is 16.6 Å². The van der Waals surface area contributed by atoms with Crippen molar-refractivity contribution in [1.82, 2.24) is 14.9 Å². The van der Waals surface area contributed by atoms with Gasteiger partial charge in [0, 0.05) is 17.2 Å². The third-order valence-corrected chi connectivity index (χ3v) is 7.00. The lowest BCUT2D eigenvalue weighted by Crippen LogP contribution is -2.28. The van der Waals surface area contributed by atoms with E-state index in [9.17, 15) is 9.59 Å². The topological polar surface area (TPSA) is 87.8 Å². The fourth-order valence-electron chi connectivity index (χ4n) is 3.30. The van der Waals surface area contributed by atoms with Crippen LogP contribution in [0.5, 0.6) is 0 Å². The van der Waals surface area contributed by atoms with Gasteiger partial charge in [-0.1, -0.05) is 41.6 Å². The number of aryl methyl sites for hydroxylation is 1. The number of carbonyl (C=O) groups is 1. The minimum atomic E-state index is -0.215. The summed E-state index contributed by atoms with van der Waals surface area (Å²) in [4.78, 5) is 31.5. The molecule has 1 N–H and O–H groups in total. The molecule has 170 valence electrons. The van der Waals surface area contributed by atoms with Crippen molar-refractivity contribution in [3.8, 4) is 11.8 Å². The van der Waals surface area contributed by atoms with E-state index in [0.29, 0.717) is 33.9 Å². The lowest BCUT2D eigenvalue weighted by molar-refractivity contribution is -0.118. The van der Waals surface area contributed by atoms with Crippen molar-refractivity contribution in [1.29, 1.82) is 5.26 Å². The van der Waals surface area contributed by atoms with Crippen LogP contribution in [0.1, 0.15) is 11.1 Å². The fourth-order valence-corrected chi connectivity index (χ4v) is 4.91. The number of nitrogens with one attached hydrogen (secondary N) is 1. The van der Waals surface area contributed by atoms with Gasteiger partial charge in [-0.2, -0.15) is 5.26 Å². The van der Waals surface area contributed by atoms with E-state index >= 15 is 0 Å². The van der Waals surface area contributed by atoms with Crippen LogP contribution in [-0.2, 0) is 4.79 Å². The van der Waals surface area contributed by atoms with Crippen molar-refractivity contribution in [3.63, 3.8) is 0 Å². The number of rotatable bonds is 8. The van der Waals surface area contributed by atoms with Crippen LogP contribution >= 0.6 is 23.5 Å². The zero-order chi connectivity index (χ0) is 23.9. The van der Waals surface area contributed by atoms with Crippen molar-refractivity contribution in [3.05, 3.63) is 94.3 Å². The number of hydrogen-bond acceptors (Lipinski definition) is 6. The van der Waals surface area contributed by atoms with Gasteiger partial charge in [-0.15, -0.1) is 11.8 Å². The number of benzene rings is 3. The highest BCUT2D eigenvalue weighted by Crippen LogP contribution is 2.22. The maximum absolute atomic E-state index is 13.3. The van der Waals surface area contributed by atoms with Crippen molar-refractivity contribution >= 4 is 40.3 Å². The summed E-state index contributed by atoms with van der Waals surface area (Å²) in [6, 6.07) is 24.2. The highest BCUT2D eigenvalue weighted by atomic mass is 32.2. The molecule has 0 radical (unpaired) electrons. The van der Waals surface area contributed by atoms with E-state index in [0.717, 1.165) is 5.75 Å². The number of para-hydroxylation sites is 1. The maximum Gasteiger partial charge on any atom is 0.266 e. The lowest BCUT2D eigenvalue weighted by atomic mass is 10.2. The van der Waals surface area contributed by atoms with Crippen molar-refractivity contribution in [2.24, 2.45) is 0 Å². The maximum atomic E-state index is 13.3. The van der Waals surface area contributed by atoms with Gasteiger partial charge in [0.1, 0.15) is 0 Å². The minimum absolute atomic E-state index is 0.122. The van der Waals surface area contributed by atoms with Crippen molar-refractivity contribution in [2.75, 3.05) is 18.1 Å². The van der Waals surface area contributed by atoms with E-state index in [1.54, 1.807) is 54.2 Å². The van der Waals surface area contributed by atoms with E-state index in [1.165, 1.54) is 26.8 Å². The first kappa shape index (κ1) is 23.6. The molecular formula is C26H22N4O2S2. The van der Waals surface area contributed by atoms with E-state index in [4.69, 9.17) is 5.26 Å². The predicted molar refractivity (Wildman–Crippen MR) is 138 cm³/mol. The highest BCUT2D eigenvalue weighted by Gasteiger charge is 2.15. The third kappa shape index (κ3) is 5.68. The Morgan fingerprint density at radius 3 is 2.50 bits per heavy atom. The number of fused-ring (bicyclic) bond motifs is 1. The first-order valence-corrected chi connectivity index (χ1v) is 12.6. The summed E-state index contributed by atoms with van der Waals surface area (Å²) in [5, 5.41) is 12.9. The van der Waals surface area contributed by atoms with E-state index in [1.807, 2.05) is 6.07 Å². The largest absolute Gasteiger partial charge is 0.355 e. The van der Waals surface area contributed by atoms with Gasteiger partial charge in [0.05, 0.1) is 34.0 Å². The van der Waals surface area contributed by atoms with Crippen LogP contribution in [-0.4, -0.2) is 33.5 Å². The number of aromatic nitrogens is 2. The first-order chi connectivity index (χ1) is 16.5. The molecule has 0 unspecified atom stereocenters. The summed E-state index contributed by atoms with van der Waals surface area (Å²) < 4.78 is 1.49. The van der Waals surface area contributed by atoms with Gasteiger partial charge < -0.3 is 5.32 Å². The molecule has 0 atom stereocenters. The quantitative estimate of drug-likeness (QED) is 0.223. The molecule has 0 bridgehead atoms.